The predicted molar refractivity (Wildman–Crippen MR) is 98.3 cm³/mol. The molecule has 2 N–H and O–H groups in total. The van der Waals surface area contributed by atoms with Crippen molar-refractivity contribution in [3.8, 4) is 0 Å². The van der Waals surface area contributed by atoms with Crippen molar-refractivity contribution in [2.45, 2.75) is 20.0 Å². The lowest BCUT2D eigenvalue weighted by atomic mass is 10.1. The molecular formula is C20H18N2O4. The van der Waals surface area contributed by atoms with Gasteiger partial charge in [0.05, 0.1) is 5.56 Å². The Bertz CT molecular complexity index is 990. The first-order valence-electron chi connectivity index (χ1n) is 8.14. The number of ether oxygens (including phenoxy) is 1. The molecule has 0 fully saturated rings. The summed E-state index contributed by atoms with van der Waals surface area (Å²) < 4.78 is 5.28. The van der Waals surface area contributed by atoms with Gasteiger partial charge in [0.15, 0.2) is 11.9 Å². The molecule has 0 unspecified atom stereocenters. The number of ketones is 1. The van der Waals surface area contributed by atoms with Crippen LogP contribution in [0.5, 0.6) is 0 Å². The summed E-state index contributed by atoms with van der Waals surface area (Å²) in [5.41, 5.74) is 2.15. The number of para-hydroxylation sites is 1. The summed E-state index contributed by atoms with van der Waals surface area (Å²) in [6, 6.07) is 13.9. The molecule has 6 heteroatoms. The Morgan fingerprint density at radius 2 is 1.85 bits per heavy atom. The summed E-state index contributed by atoms with van der Waals surface area (Å²) in [6.07, 6.45) is 0.575. The van der Waals surface area contributed by atoms with Crippen molar-refractivity contribution in [1.82, 2.24) is 4.98 Å². The zero-order chi connectivity index (χ0) is 18.7. The molecule has 1 amide bonds. The lowest BCUT2D eigenvalue weighted by Crippen LogP contribution is -2.30. The van der Waals surface area contributed by atoms with Crippen LogP contribution in [0.3, 0.4) is 0 Å². The van der Waals surface area contributed by atoms with E-state index >= 15 is 0 Å². The van der Waals surface area contributed by atoms with E-state index in [1.807, 2.05) is 18.2 Å². The van der Waals surface area contributed by atoms with Crippen LogP contribution in [0.1, 0.15) is 34.6 Å². The number of anilines is 1. The minimum atomic E-state index is -0.989. The number of rotatable bonds is 5. The molecule has 0 aliphatic rings. The van der Waals surface area contributed by atoms with Crippen LogP contribution in [-0.2, 0) is 9.53 Å². The summed E-state index contributed by atoms with van der Waals surface area (Å²) in [5, 5.41) is 3.38. The number of H-pyrrole nitrogens is 1. The molecule has 1 atom stereocenters. The fraction of sp³-hybridized carbons (Fsp3) is 0.150. The Labute approximate surface area is 150 Å². The van der Waals surface area contributed by atoms with E-state index in [0.29, 0.717) is 16.8 Å². The van der Waals surface area contributed by atoms with E-state index in [0.717, 1.165) is 10.9 Å². The van der Waals surface area contributed by atoms with Crippen LogP contribution in [0.15, 0.2) is 54.7 Å². The molecule has 0 aliphatic carbocycles. The van der Waals surface area contributed by atoms with Crippen molar-refractivity contribution in [1.29, 1.82) is 0 Å². The topological polar surface area (TPSA) is 88.3 Å². The van der Waals surface area contributed by atoms with Gasteiger partial charge in [0.2, 0.25) is 0 Å². The van der Waals surface area contributed by atoms with Gasteiger partial charge in [-0.3, -0.25) is 9.59 Å². The number of Topliss-reactive ketones (excluding diaryl/α,β-unsaturated/α-hetero) is 1. The lowest BCUT2D eigenvalue weighted by Gasteiger charge is -2.13. The first-order valence-corrected chi connectivity index (χ1v) is 8.14. The Balaban J connectivity index is 1.68. The van der Waals surface area contributed by atoms with Gasteiger partial charge >= 0.3 is 5.97 Å². The van der Waals surface area contributed by atoms with Gasteiger partial charge in [-0.2, -0.15) is 0 Å². The summed E-state index contributed by atoms with van der Waals surface area (Å²) in [7, 11) is 0. The SMILES string of the molecule is CC(=O)c1cccc(NC(=O)[C@H](C)OC(=O)c2c[nH]c3ccccc23)c1. The van der Waals surface area contributed by atoms with Crippen molar-refractivity contribution in [3.63, 3.8) is 0 Å². The van der Waals surface area contributed by atoms with E-state index in [-0.39, 0.29) is 5.78 Å². The molecule has 0 radical (unpaired) electrons. The molecule has 6 nitrogen and oxygen atoms in total. The van der Waals surface area contributed by atoms with E-state index < -0.39 is 18.0 Å². The smallest absolute Gasteiger partial charge is 0.341 e. The second-order valence-electron chi connectivity index (χ2n) is 5.92. The van der Waals surface area contributed by atoms with Gasteiger partial charge in [0.25, 0.3) is 5.91 Å². The third kappa shape index (κ3) is 3.64. The highest BCUT2D eigenvalue weighted by Crippen LogP contribution is 2.19. The van der Waals surface area contributed by atoms with Gasteiger partial charge in [-0.1, -0.05) is 30.3 Å². The van der Waals surface area contributed by atoms with Gasteiger partial charge < -0.3 is 15.0 Å². The Hall–Kier alpha value is -3.41. The molecule has 2 aromatic carbocycles. The maximum absolute atomic E-state index is 12.4. The van der Waals surface area contributed by atoms with Crippen molar-refractivity contribution >= 4 is 34.3 Å². The molecule has 0 aliphatic heterocycles. The number of hydrogen-bond acceptors (Lipinski definition) is 4. The van der Waals surface area contributed by atoms with E-state index in [4.69, 9.17) is 4.74 Å². The third-order valence-electron chi connectivity index (χ3n) is 4.00. The predicted octanol–water partition coefficient (Wildman–Crippen LogP) is 3.55. The number of fused-ring (bicyclic) bond motifs is 1. The van der Waals surface area contributed by atoms with Crippen LogP contribution in [-0.4, -0.2) is 28.7 Å². The molecule has 132 valence electrons. The van der Waals surface area contributed by atoms with Crippen LogP contribution in [0.2, 0.25) is 0 Å². The third-order valence-corrected chi connectivity index (χ3v) is 4.00. The Morgan fingerprint density at radius 1 is 1.08 bits per heavy atom. The van der Waals surface area contributed by atoms with Crippen LogP contribution in [0.25, 0.3) is 10.9 Å². The average Bonchev–Trinajstić information content (AvgIpc) is 3.06. The molecule has 0 saturated heterocycles. The number of nitrogens with one attached hydrogen (secondary N) is 2. The zero-order valence-corrected chi connectivity index (χ0v) is 14.4. The quantitative estimate of drug-likeness (QED) is 0.544. The fourth-order valence-corrected chi connectivity index (χ4v) is 2.58. The molecule has 3 aromatic rings. The number of carbonyl (C=O) groups excluding carboxylic acids is 3. The second-order valence-corrected chi connectivity index (χ2v) is 5.92. The van der Waals surface area contributed by atoms with Gasteiger partial charge in [-0.25, -0.2) is 4.79 Å². The minimum Gasteiger partial charge on any atom is -0.449 e. The highest BCUT2D eigenvalue weighted by molar-refractivity contribution is 6.05. The number of hydrogen-bond donors (Lipinski definition) is 2. The fourth-order valence-electron chi connectivity index (χ4n) is 2.58. The van der Waals surface area contributed by atoms with Crippen molar-refractivity contribution in [3.05, 3.63) is 65.9 Å². The molecule has 26 heavy (non-hydrogen) atoms. The van der Waals surface area contributed by atoms with E-state index in [9.17, 15) is 14.4 Å². The molecule has 0 saturated carbocycles. The van der Waals surface area contributed by atoms with Crippen LogP contribution in [0.4, 0.5) is 5.69 Å². The average molecular weight is 350 g/mol. The van der Waals surface area contributed by atoms with Crippen molar-refractivity contribution in [2.24, 2.45) is 0 Å². The maximum Gasteiger partial charge on any atom is 0.341 e. The largest absolute Gasteiger partial charge is 0.449 e. The number of carbonyl (C=O) groups is 3. The first kappa shape index (κ1) is 17.4. The van der Waals surface area contributed by atoms with Crippen LogP contribution in [0, 0.1) is 0 Å². The van der Waals surface area contributed by atoms with Crippen molar-refractivity contribution < 1.29 is 19.1 Å². The summed E-state index contributed by atoms with van der Waals surface area (Å²) in [4.78, 5) is 39.1. The van der Waals surface area contributed by atoms with Crippen LogP contribution < -0.4 is 5.32 Å². The zero-order valence-electron chi connectivity index (χ0n) is 14.4. The molecule has 0 spiro atoms. The first-order chi connectivity index (χ1) is 12.5. The summed E-state index contributed by atoms with van der Waals surface area (Å²) in [5.74, 6) is -1.15. The van der Waals surface area contributed by atoms with E-state index in [1.165, 1.54) is 13.8 Å². The summed E-state index contributed by atoms with van der Waals surface area (Å²) in [6.45, 7) is 2.95. The lowest BCUT2D eigenvalue weighted by molar-refractivity contribution is -0.123. The molecule has 0 bridgehead atoms. The van der Waals surface area contributed by atoms with Crippen molar-refractivity contribution in [2.75, 3.05) is 5.32 Å². The molecular weight excluding hydrogens is 332 g/mol. The van der Waals surface area contributed by atoms with Crippen LogP contribution >= 0.6 is 0 Å². The van der Waals surface area contributed by atoms with E-state index in [2.05, 4.69) is 10.3 Å². The minimum absolute atomic E-state index is 0.0973. The molecule has 1 heterocycles. The standard InChI is InChI=1S/C20H18N2O4/c1-12(23)14-6-5-7-15(10-14)22-19(24)13(2)26-20(25)17-11-21-18-9-4-3-8-16(17)18/h3-11,13,21H,1-2H3,(H,22,24)/t13-/m0/s1. The van der Waals surface area contributed by atoms with Gasteiger partial charge in [0.1, 0.15) is 0 Å². The van der Waals surface area contributed by atoms with Gasteiger partial charge in [-0.15, -0.1) is 0 Å². The number of aromatic nitrogens is 1. The molecule has 1 aromatic heterocycles. The summed E-state index contributed by atoms with van der Waals surface area (Å²) >= 11 is 0. The van der Waals surface area contributed by atoms with E-state index in [1.54, 1.807) is 36.5 Å². The maximum atomic E-state index is 12.4. The molecule has 3 rings (SSSR count). The Morgan fingerprint density at radius 3 is 2.62 bits per heavy atom. The number of benzene rings is 2. The normalized spacial score (nSPS) is 11.8. The highest BCUT2D eigenvalue weighted by Gasteiger charge is 2.21. The monoisotopic (exact) mass is 350 g/mol. The Kier molecular flexibility index (Phi) is 4.84. The number of esters is 1. The number of aromatic amines is 1. The highest BCUT2D eigenvalue weighted by atomic mass is 16.5. The van der Waals surface area contributed by atoms with Gasteiger partial charge in [0, 0.05) is 28.4 Å². The second kappa shape index (κ2) is 7.23. The van der Waals surface area contributed by atoms with Gasteiger partial charge in [-0.05, 0) is 32.0 Å². The number of amides is 1.